The van der Waals surface area contributed by atoms with Crippen LogP contribution in [0.15, 0.2) is 18.2 Å². The van der Waals surface area contributed by atoms with Crippen LogP contribution in [0.3, 0.4) is 0 Å². The van der Waals surface area contributed by atoms with Crippen molar-refractivity contribution in [2.45, 2.75) is 40.3 Å². The molecule has 1 atom stereocenters. The number of benzene rings is 1. The average Bonchev–Trinajstić information content (AvgIpc) is 2.40. The Morgan fingerprint density at radius 2 is 2.11 bits per heavy atom. The highest BCUT2D eigenvalue weighted by Crippen LogP contribution is 2.28. The summed E-state index contributed by atoms with van der Waals surface area (Å²) in [6, 6.07) is 6.05. The Hall–Kier alpha value is -1.06. The third-order valence-corrected chi connectivity index (χ3v) is 3.33. The van der Waals surface area contributed by atoms with Crippen LogP contribution in [0.25, 0.3) is 0 Å². The van der Waals surface area contributed by atoms with Gasteiger partial charge in [0.1, 0.15) is 12.1 Å². The molecule has 0 aliphatic carbocycles. The molecule has 106 valence electrons. The van der Waals surface area contributed by atoms with Crippen molar-refractivity contribution in [1.29, 1.82) is 0 Å². The van der Waals surface area contributed by atoms with Crippen molar-refractivity contribution in [2.75, 3.05) is 17.4 Å². The van der Waals surface area contributed by atoms with Crippen LogP contribution in [-0.4, -0.2) is 24.6 Å². The van der Waals surface area contributed by atoms with Crippen LogP contribution in [0.2, 0.25) is 0 Å². The SMILES string of the molecule is CCOC(C)N(C(=O)CCl)c1c(C)cccc1CC. The van der Waals surface area contributed by atoms with E-state index in [4.69, 9.17) is 16.3 Å². The number of anilines is 1. The van der Waals surface area contributed by atoms with Gasteiger partial charge in [0, 0.05) is 6.61 Å². The van der Waals surface area contributed by atoms with Crippen LogP contribution in [0, 0.1) is 6.92 Å². The highest BCUT2D eigenvalue weighted by molar-refractivity contribution is 6.29. The molecule has 0 bridgehead atoms. The Morgan fingerprint density at radius 1 is 1.42 bits per heavy atom. The molecule has 1 unspecified atom stereocenters. The summed E-state index contributed by atoms with van der Waals surface area (Å²) in [6.45, 7) is 8.42. The van der Waals surface area contributed by atoms with Gasteiger partial charge in [-0.3, -0.25) is 9.69 Å². The first-order chi connectivity index (χ1) is 9.06. The van der Waals surface area contributed by atoms with Crippen molar-refractivity contribution in [3.63, 3.8) is 0 Å². The van der Waals surface area contributed by atoms with Gasteiger partial charge in [0.25, 0.3) is 0 Å². The fourth-order valence-electron chi connectivity index (χ4n) is 2.24. The van der Waals surface area contributed by atoms with Gasteiger partial charge in [-0.15, -0.1) is 11.6 Å². The molecule has 0 saturated heterocycles. The van der Waals surface area contributed by atoms with E-state index in [0.717, 1.165) is 23.2 Å². The van der Waals surface area contributed by atoms with Gasteiger partial charge in [-0.1, -0.05) is 25.1 Å². The molecule has 3 nitrogen and oxygen atoms in total. The van der Waals surface area contributed by atoms with Gasteiger partial charge in [0.15, 0.2) is 0 Å². The third kappa shape index (κ3) is 3.71. The molecule has 0 aromatic heterocycles. The minimum absolute atomic E-state index is 0.0467. The van der Waals surface area contributed by atoms with Crippen molar-refractivity contribution in [1.82, 2.24) is 0 Å². The zero-order valence-corrected chi connectivity index (χ0v) is 12.8. The standard InChI is InChI=1S/C15H22ClNO2/c1-5-13-9-7-8-11(3)15(13)17(14(18)10-16)12(4)19-6-2/h7-9,12H,5-6,10H2,1-4H3. The maximum atomic E-state index is 12.2. The van der Waals surface area contributed by atoms with Crippen LogP contribution in [-0.2, 0) is 16.0 Å². The summed E-state index contributed by atoms with van der Waals surface area (Å²) in [7, 11) is 0. The van der Waals surface area contributed by atoms with E-state index in [-0.39, 0.29) is 18.0 Å². The monoisotopic (exact) mass is 283 g/mol. The number of aryl methyl sites for hydroxylation is 2. The van der Waals surface area contributed by atoms with Gasteiger partial charge in [0.2, 0.25) is 5.91 Å². The van der Waals surface area contributed by atoms with Crippen LogP contribution in [0.5, 0.6) is 0 Å². The molecule has 0 fully saturated rings. The van der Waals surface area contributed by atoms with E-state index in [1.165, 1.54) is 0 Å². The topological polar surface area (TPSA) is 29.5 Å². The smallest absolute Gasteiger partial charge is 0.244 e. The summed E-state index contributed by atoms with van der Waals surface area (Å²) >= 11 is 5.74. The maximum Gasteiger partial charge on any atom is 0.244 e. The summed E-state index contributed by atoms with van der Waals surface area (Å²) in [5.74, 6) is -0.179. The van der Waals surface area contributed by atoms with Gasteiger partial charge in [-0.2, -0.15) is 0 Å². The van der Waals surface area contributed by atoms with Gasteiger partial charge >= 0.3 is 0 Å². The summed E-state index contributed by atoms with van der Waals surface area (Å²) in [4.78, 5) is 13.8. The van der Waals surface area contributed by atoms with Crippen molar-refractivity contribution >= 4 is 23.2 Å². The van der Waals surface area contributed by atoms with E-state index in [9.17, 15) is 4.79 Å². The maximum absolute atomic E-state index is 12.2. The lowest BCUT2D eigenvalue weighted by atomic mass is 10.0. The quantitative estimate of drug-likeness (QED) is 0.591. The molecule has 0 heterocycles. The molecule has 1 amide bonds. The largest absolute Gasteiger partial charge is 0.359 e. The first-order valence-electron chi connectivity index (χ1n) is 6.64. The average molecular weight is 284 g/mol. The van der Waals surface area contributed by atoms with E-state index in [2.05, 4.69) is 6.92 Å². The number of ether oxygens (including phenoxy) is 1. The van der Waals surface area contributed by atoms with E-state index in [1.807, 2.05) is 39.0 Å². The lowest BCUT2D eigenvalue weighted by Gasteiger charge is -2.31. The number of alkyl halides is 1. The number of rotatable bonds is 6. The van der Waals surface area contributed by atoms with E-state index in [1.54, 1.807) is 4.90 Å². The third-order valence-electron chi connectivity index (χ3n) is 3.10. The van der Waals surface area contributed by atoms with Gasteiger partial charge in [-0.25, -0.2) is 0 Å². The molecule has 0 saturated carbocycles. The van der Waals surface area contributed by atoms with Gasteiger partial charge < -0.3 is 4.74 Å². The highest BCUT2D eigenvalue weighted by atomic mass is 35.5. The predicted molar refractivity (Wildman–Crippen MR) is 79.9 cm³/mol. The molecule has 0 radical (unpaired) electrons. The van der Waals surface area contributed by atoms with E-state index >= 15 is 0 Å². The van der Waals surface area contributed by atoms with E-state index < -0.39 is 0 Å². The molecular weight excluding hydrogens is 262 g/mol. The van der Waals surface area contributed by atoms with Crippen molar-refractivity contribution in [3.8, 4) is 0 Å². The number of hydrogen-bond donors (Lipinski definition) is 0. The minimum Gasteiger partial charge on any atom is -0.359 e. The lowest BCUT2D eigenvalue weighted by molar-refractivity contribution is -0.118. The van der Waals surface area contributed by atoms with Gasteiger partial charge in [0.05, 0.1) is 5.69 Å². The first-order valence-corrected chi connectivity index (χ1v) is 7.18. The van der Waals surface area contributed by atoms with Crippen LogP contribution >= 0.6 is 11.6 Å². The highest BCUT2D eigenvalue weighted by Gasteiger charge is 2.24. The van der Waals surface area contributed by atoms with E-state index in [0.29, 0.717) is 6.61 Å². The number of carbonyl (C=O) groups excluding carboxylic acids is 1. The molecule has 1 aromatic carbocycles. The molecule has 1 aromatic rings. The summed E-state index contributed by atoms with van der Waals surface area (Å²) < 4.78 is 5.58. The molecule has 4 heteroatoms. The number of hydrogen-bond acceptors (Lipinski definition) is 2. The van der Waals surface area contributed by atoms with Crippen LogP contribution < -0.4 is 4.90 Å². The number of para-hydroxylation sites is 1. The Balaban J connectivity index is 3.28. The summed E-state index contributed by atoms with van der Waals surface area (Å²) in [5, 5.41) is 0. The second-order valence-electron chi connectivity index (χ2n) is 4.39. The zero-order chi connectivity index (χ0) is 14.4. The molecule has 1 rings (SSSR count). The summed E-state index contributed by atoms with van der Waals surface area (Å²) in [6.07, 6.45) is 0.546. The fourth-order valence-corrected chi connectivity index (χ4v) is 2.37. The van der Waals surface area contributed by atoms with Crippen LogP contribution in [0.4, 0.5) is 5.69 Å². The normalized spacial score (nSPS) is 12.3. The number of nitrogens with zero attached hydrogens (tertiary/aromatic N) is 1. The number of amides is 1. The molecule has 0 aliphatic heterocycles. The Kier molecular flexibility index (Phi) is 6.32. The first kappa shape index (κ1) is 16.0. The van der Waals surface area contributed by atoms with Crippen molar-refractivity contribution in [3.05, 3.63) is 29.3 Å². The lowest BCUT2D eigenvalue weighted by Crippen LogP contribution is -2.42. The zero-order valence-electron chi connectivity index (χ0n) is 12.1. The number of carbonyl (C=O) groups is 1. The molecule has 0 N–H and O–H groups in total. The molecular formula is C15H22ClNO2. The predicted octanol–water partition coefficient (Wildman–Crippen LogP) is 3.51. The minimum atomic E-state index is -0.317. The fraction of sp³-hybridized carbons (Fsp3) is 0.533. The second kappa shape index (κ2) is 7.51. The van der Waals surface area contributed by atoms with Crippen molar-refractivity contribution in [2.24, 2.45) is 0 Å². The Morgan fingerprint density at radius 3 is 2.63 bits per heavy atom. The van der Waals surface area contributed by atoms with Crippen molar-refractivity contribution < 1.29 is 9.53 Å². The molecule has 19 heavy (non-hydrogen) atoms. The summed E-state index contributed by atoms with van der Waals surface area (Å²) in [5.41, 5.74) is 3.12. The Labute approximate surface area is 120 Å². The molecule has 0 aliphatic rings. The Bertz CT molecular complexity index is 434. The molecule has 0 spiro atoms. The second-order valence-corrected chi connectivity index (χ2v) is 4.66. The van der Waals surface area contributed by atoms with Crippen LogP contribution in [0.1, 0.15) is 31.9 Å². The van der Waals surface area contributed by atoms with Gasteiger partial charge in [-0.05, 0) is 38.3 Å². The number of halogens is 1.